The molecule has 0 heterocycles. The van der Waals surface area contributed by atoms with Crippen molar-refractivity contribution in [2.45, 2.75) is 39.0 Å². The molecule has 0 saturated heterocycles. The van der Waals surface area contributed by atoms with Crippen molar-refractivity contribution in [3.8, 4) is 5.75 Å². The highest BCUT2D eigenvalue weighted by Gasteiger charge is 2.13. The zero-order chi connectivity index (χ0) is 15.7. The van der Waals surface area contributed by atoms with Gasteiger partial charge in [0.2, 0.25) is 0 Å². The molecule has 1 aromatic rings. The molecule has 0 aliphatic carbocycles. The van der Waals surface area contributed by atoms with Gasteiger partial charge in [-0.3, -0.25) is 0 Å². The average Bonchev–Trinajstić information content (AvgIpc) is 2.43. The lowest BCUT2D eigenvalue weighted by atomic mass is 10.1. The number of aliphatic hydroxyl groups is 1. The van der Waals surface area contributed by atoms with Crippen LogP contribution in [0.5, 0.6) is 5.75 Å². The summed E-state index contributed by atoms with van der Waals surface area (Å²) in [5.41, 5.74) is 0.951. The molecule has 1 aromatic carbocycles. The van der Waals surface area contributed by atoms with E-state index in [9.17, 15) is 5.11 Å². The summed E-state index contributed by atoms with van der Waals surface area (Å²) in [6.07, 6.45) is 1.16. The topological polar surface area (TPSA) is 50.7 Å². The van der Waals surface area contributed by atoms with Crippen LogP contribution in [0.3, 0.4) is 0 Å². The molecule has 0 aromatic heterocycles. The number of nitrogens with one attached hydrogen (secondary N) is 1. The molecule has 4 heteroatoms. The fourth-order valence-electron chi connectivity index (χ4n) is 1.68. The number of ether oxygens (including phenoxy) is 2. The van der Waals surface area contributed by atoms with Gasteiger partial charge >= 0.3 is 0 Å². The van der Waals surface area contributed by atoms with E-state index < -0.39 is 6.10 Å². The van der Waals surface area contributed by atoms with Crippen molar-refractivity contribution in [2.24, 2.45) is 0 Å². The van der Waals surface area contributed by atoms with E-state index in [0.717, 1.165) is 11.3 Å². The van der Waals surface area contributed by atoms with E-state index in [2.05, 4.69) is 32.7 Å². The highest BCUT2D eigenvalue weighted by atomic mass is 16.5. The summed E-state index contributed by atoms with van der Waals surface area (Å²) >= 11 is 0. The lowest BCUT2D eigenvalue weighted by molar-refractivity contribution is 0.0964. The van der Waals surface area contributed by atoms with Gasteiger partial charge in [0.1, 0.15) is 18.5 Å². The molecule has 2 N–H and O–H groups in total. The Balaban J connectivity index is 2.45. The van der Waals surface area contributed by atoms with Crippen LogP contribution in [-0.4, -0.2) is 36.5 Å². The largest absolute Gasteiger partial charge is 0.490 e. The fraction of sp³-hybridized carbons (Fsp3) is 0.529. The third-order valence-corrected chi connectivity index (χ3v) is 2.77. The lowest BCUT2D eigenvalue weighted by Gasteiger charge is -2.23. The minimum absolute atomic E-state index is 0.0165. The normalized spacial score (nSPS) is 13.0. The summed E-state index contributed by atoms with van der Waals surface area (Å²) in [6, 6.07) is 7.69. The molecule has 118 valence electrons. The van der Waals surface area contributed by atoms with Gasteiger partial charge in [-0.05, 0) is 26.8 Å². The Morgan fingerprint density at radius 2 is 2.05 bits per heavy atom. The van der Waals surface area contributed by atoms with Crippen LogP contribution in [0.4, 0.5) is 0 Å². The van der Waals surface area contributed by atoms with Crippen molar-refractivity contribution < 1.29 is 14.6 Å². The number of rotatable bonds is 9. The molecule has 0 spiro atoms. The number of β-amino-alcohol motifs (C(OH)–C–C–N with tert-alkyl or cyclic N) is 1. The highest BCUT2D eigenvalue weighted by Crippen LogP contribution is 2.19. The van der Waals surface area contributed by atoms with Gasteiger partial charge in [0, 0.05) is 17.6 Å². The van der Waals surface area contributed by atoms with Gasteiger partial charge in [0.15, 0.2) is 0 Å². The Kier molecular flexibility index (Phi) is 7.43. The standard InChI is InChI=1S/C17H27NO3/c1-5-10-20-12-14-8-6-7-9-16(14)21-13-15(19)11-18-17(2,3)4/h5-9,15,18-19H,1,10-13H2,2-4H3. The maximum Gasteiger partial charge on any atom is 0.124 e. The van der Waals surface area contributed by atoms with Gasteiger partial charge in [0.25, 0.3) is 0 Å². The first-order valence-corrected chi connectivity index (χ1v) is 7.25. The Hall–Kier alpha value is -1.36. The predicted molar refractivity (Wildman–Crippen MR) is 85.6 cm³/mol. The Morgan fingerprint density at radius 1 is 1.33 bits per heavy atom. The van der Waals surface area contributed by atoms with Crippen LogP contribution in [0, 0.1) is 0 Å². The molecule has 0 aliphatic heterocycles. The summed E-state index contributed by atoms with van der Waals surface area (Å²) in [6.45, 7) is 11.5. The van der Waals surface area contributed by atoms with Gasteiger partial charge in [-0.15, -0.1) is 6.58 Å². The summed E-state index contributed by atoms with van der Waals surface area (Å²) in [5, 5.41) is 13.2. The molecule has 0 aliphatic rings. The number of hydrogen-bond acceptors (Lipinski definition) is 4. The third-order valence-electron chi connectivity index (χ3n) is 2.77. The van der Waals surface area contributed by atoms with Crippen molar-refractivity contribution in [3.63, 3.8) is 0 Å². The third kappa shape index (κ3) is 7.85. The second-order valence-electron chi connectivity index (χ2n) is 6.01. The maximum absolute atomic E-state index is 9.95. The fourth-order valence-corrected chi connectivity index (χ4v) is 1.68. The van der Waals surface area contributed by atoms with E-state index in [0.29, 0.717) is 19.8 Å². The maximum atomic E-state index is 9.95. The van der Waals surface area contributed by atoms with Crippen LogP contribution in [0.25, 0.3) is 0 Å². The van der Waals surface area contributed by atoms with Gasteiger partial charge in [-0.1, -0.05) is 24.3 Å². The quantitative estimate of drug-likeness (QED) is 0.542. The molecule has 0 bridgehead atoms. The van der Waals surface area contributed by atoms with E-state index in [1.54, 1.807) is 6.08 Å². The molecule has 21 heavy (non-hydrogen) atoms. The van der Waals surface area contributed by atoms with E-state index in [1.165, 1.54) is 0 Å². The van der Waals surface area contributed by atoms with Crippen LogP contribution in [-0.2, 0) is 11.3 Å². The molecule has 0 fully saturated rings. The van der Waals surface area contributed by atoms with Crippen molar-refractivity contribution >= 4 is 0 Å². The summed E-state index contributed by atoms with van der Waals surface area (Å²) in [4.78, 5) is 0. The number of hydrogen-bond donors (Lipinski definition) is 2. The Morgan fingerprint density at radius 3 is 2.71 bits per heavy atom. The van der Waals surface area contributed by atoms with Crippen molar-refractivity contribution in [1.29, 1.82) is 0 Å². The average molecular weight is 293 g/mol. The van der Waals surface area contributed by atoms with Gasteiger partial charge in [0.05, 0.1) is 13.2 Å². The molecule has 0 amide bonds. The second kappa shape index (κ2) is 8.82. The van der Waals surface area contributed by atoms with E-state index >= 15 is 0 Å². The molecule has 0 saturated carbocycles. The zero-order valence-corrected chi connectivity index (χ0v) is 13.3. The molecular formula is C17H27NO3. The molecule has 1 rings (SSSR count). The molecule has 1 unspecified atom stereocenters. The van der Waals surface area contributed by atoms with Crippen LogP contribution in [0.15, 0.2) is 36.9 Å². The number of benzene rings is 1. The van der Waals surface area contributed by atoms with Crippen LogP contribution >= 0.6 is 0 Å². The first kappa shape index (κ1) is 17.7. The van der Waals surface area contributed by atoms with Crippen molar-refractivity contribution in [3.05, 3.63) is 42.5 Å². The first-order valence-electron chi connectivity index (χ1n) is 7.25. The van der Waals surface area contributed by atoms with Crippen LogP contribution in [0.2, 0.25) is 0 Å². The lowest BCUT2D eigenvalue weighted by Crippen LogP contribution is -2.42. The van der Waals surface area contributed by atoms with E-state index in [4.69, 9.17) is 9.47 Å². The van der Waals surface area contributed by atoms with Gasteiger partial charge in [-0.25, -0.2) is 0 Å². The summed E-state index contributed by atoms with van der Waals surface area (Å²) in [7, 11) is 0. The van der Waals surface area contributed by atoms with Crippen LogP contribution < -0.4 is 10.1 Å². The van der Waals surface area contributed by atoms with Crippen molar-refractivity contribution in [1.82, 2.24) is 5.32 Å². The van der Waals surface area contributed by atoms with E-state index in [-0.39, 0.29) is 12.1 Å². The zero-order valence-electron chi connectivity index (χ0n) is 13.3. The Bertz CT molecular complexity index is 426. The predicted octanol–water partition coefficient (Wildman–Crippen LogP) is 2.52. The smallest absolute Gasteiger partial charge is 0.124 e. The molecule has 0 radical (unpaired) electrons. The molecule has 4 nitrogen and oxygen atoms in total. The SMILES string of the molecule is C=CCOCc1ccccc1OCC(O)CNC(C)(C)C. The monoisotopic (exact) mass is 293 g/mol. The molecule has 1 atom stereocenters. The minimum Gasteiger partial charge on any atom is -0.490 e. The Labute approximate surface area is 127 Å². The van der Waals surface area contributed by atoms with E-state index in [1.807, 2.05) is 24.3 Å². The number of para-hydroxylation sites is 1. The summed E-state index contributed by atoms with van der Waals surface area (Å²) < 4.78 is 11.1. The van der Waals surface area contributed by atoms with Gasteiger partial charge < -0.3 is 19.9 Å². The number of aliphatic hydroxyl groups excluding tert-OH is 1. The first-order chi connectivity index (χ1) is 9.92. The highest BCUT2D eigenvalue weighted by molar-refractivity contribution is 5.32. The molecular weight excluding hydrogens is 266 g/mol. The van der Waals surface area contributed by atoms with Gasteiger partial charge in [-0.2, -0.15) is 0 Å². The second-order valence-corrected chi connectivity index (χ2v) is 6.01. The van der Waals surface area contributed by atoms with Crippen LogP contribution in [0.1, 0.15) is 26.3 Å². The summed E-state index contributed by atoms with van der Waals surface area (Å²) in [5.74, 6) is 0.747. The minimum atomic E-state index is -0.550. The van der Waals surface area contributed by atoms with Crippen molar-refractivity contribution in [2.75, 3.05) is 19.8 Å².